The van der Waals surface area contributed by atoms with Gasteiger partial charge < -0.3 is 10.2 Å². The Morgan fingerprint density at radius 2 is 1.87 bits per heavy atom. The van der Waals surface area contributed by atoms with E-state index in [1.54, 1.807) is 0 Å². The molecule has 0 spiro atoms. The van der Waals surface area contributed by atoms with Gasteiger partial charge in [-0.05, 0) is 51.2 Å². The SMILES string of the molecule is CCNC1CCN(C2CCCC2C)CC1. The van der Waals surface area contributed by atoms with Crippen molar-refractivity contribution in [3.63, 3.8) is 0 Å². The van der Waals surface area contributed by atoms with E-state index in [9.17, 15) is 0 Å². The third-order valence-electron chi connectivity index (χ3n) is 4.31. The number of nitrogens with one attached hydrogen (secondary N) is 1. The maximum Gasteiger partial charge on any atom is 0.0121 e. The monoisotopic (exact) mass is 210 g/mol. The average molecular weight is 210 g/mol. The largest absolute Gasteiger partial charge is 0.314 e. The molecule has 0 aromatic heterocycles. The molecule has 2 rings (SSSR count). The molecule has 1 aliphatic carbocycles. The van der Waals surface area contributed by atoms with Crippen molar-refractivity contribution in [2.24, 2.45) is 5.92 Å². The van der Waals surface area contributed by atoms with Crippen LogP contribution in [-0.2, 0) is 0 Å². The lowest BCUT2D eigenvalue weighted by Crippen LogP contribution is -2.47. The number of hydrogen-bond donors (Lipinski definition) is 1. The van der Waals surface area contributed by atoms with Crippen molar-refractivity contribution in [1.29, 1.82) is 0 Å². The molecular weight excluding hydrogens is 184 g/mol. The summed E-state index contributed by atoms with van der Waals surface area (Å²) in [5.41, 5.74) is 0. The van der Waals surface area contributed by atoms with E-state index in [0.717, 1.165) is 24.5 Å². The van der Waals surface area contributed by atoms with Gasteiger partial charge >= 0.3 is 0 Å². The molecule has 2 aliphatic rings. The number of likely N-dealkylation sites (tertiary alicyclic amines) is 1. The van der Waals surface area contributed by atoms with Gasteiger partial charge in [-0.2, -0.15) is 0 Å². The normalized spacial score (nSPS) is 34.8. The molecule has 88 valence electrons. The van der Waals surface area contributed by atoms with Crippen LogP contribution in [0.4, 0.5) is 0 Å². The van der Waals surface area contributed by atoms with Crippen molar-refractivity contribution >= 4 is 0 Å². The van der Waals surface area contributed by atoms with Crippen LogP contribution in [0.1, 0.15) is 46.0 Å². The van der Waals surface area contributed by atoms with E-state index in [0.29, 0.717) is 0 Å². The third kappa shape index (κ3) is 2.73. The van der Waals surface area contributed by atoms with Crippen LogP contribution in [0.5, 0.6) is 0 Å². The Bertz CT molecular complexity index is 185. The van der Waals surface area contributed by atoms with E-state index in [4.69, 9.17) is 0 Å². The molecule has 2 heteroatoms. The highest BCUT2D eigenvalue weighted by Crippen LogP contribution is 2.31. The lowest BCUT2D eigenvalue weighted by molar-refractivity contribution is 0.122. The number of rotatable bonds is 3. The van der Waals surface area contributed by atoms with Crippen molar-refractivity contribution in [2.75, 3.05) is 19.6 Å². The minimum absolute atomic E-state index is 0.794. The first kappa shape index (κ1) is 11.4. The topological polar surface area (TPSA) is 15.3 Å². The van der Waals surface area contributed by atoms with E-state index >= 15 is 0 Å². The molecule has 2 unspecified atom stereocenters. The van der Waals surface area contributed by atoms with Crippen LogP contribution in [-0.4, -0.2) is 36.6 Å². The fraction of sp³-hybridized carbons (Fsp3) is 1.00. The predicted octanol–water partition coefficient (Wildman–Crippen LogP) is 2.25. The van der Waals surface area contributed by atoms with E-state index in [1.165, 1.54) is 45.2 Å². The van der Waals surface area contributed by atoms with Crippen molar-refractivity contribution in [2.45, 2.75) is 58.0 Å². The molecule has 0 aromatic rings. The molecule has 2 fully saturated rings. The number of piperidine rings is 1. The Labute approximate surface area is 94.4 Å². The molecule has 1 N–H and O–H groups in total. The molecule has 0 bridgehead atoms. The molecule has 0 amide bonds. The molecule has 2 nitrogen and oxygen atoms in total. The number of hydrogen-bond acceptors (Lipinski definition) is 2. The van der Waals surface area contributed by atoms with Crippen molar-refractivity contribution < 1.29 is 0 Å². The molecule has 0 aromatic carbocycles. The summed E-state index contributed by atoms with van der Waals surface area (Å²) in [5.74, 6) is 0.945. The van der Waals surface area contributed by atoms with Crippen LogP contribution < -0.4 is 5.32 Å². The summed E-state index contributed by atoms with van der Waals surface area (Å²) in [6.45, 7) is 8.43. The van der Waals surface area contributed by atoms with Gasteiger partial charge in [-0.3, -0.25) is 0 Å². The molecule has 1 saturated carbocycles. The Morgan fingerprint density at radius 3 is 2.40 bits per heavy atom. The summed E-state index contributed by atoms with van der Waals surface area (Å²) in [4.78, 5) is 2.76. The smallest absolute Gasteiger partial charge is 0.0121 e. The van der Waals surface area contributed by atoms with Crippen molar-refractivity contribution in [3.05, 3.63) is 0 Å². The highest BCUT2D eigenvalue weighted by Gasteiger charge is 2.31. The highest BCUT2D eigenvalue weighted by molar-refractivity contribution is 4.87. The van der Waals surface area contributed by atoms with Crippen molar-refractivity contribution in [3.8, 4) is 0 Å². The van der Waals surface area contributed by atoms with Crippen LogP contribution in [0, 0.1) is 5.92 Å². The number of nitrogens with zero attached hydrogens (tertiary/aromatic N) is 1. The molecular formula is C13H26N2. The summed E-state index contributed by atoms with van der Waals surface area (Å²) >= 11 is 0. The summed E-state index contributed by atoms with van der Waals surface area (Å²) in [7, 11) is 0. The molecule has 1 saturated heterocycles. The second-order valence-corrected chi connectivity index (χ2v) is 5.34. The molecule has 1 heterocycles. The lowest BCUT2D eigenvalue weighted by Gasteiger charge is -2.38. The van der Waals surface area contributed by atoms with Crippen LogP contribution >= 0.6 is 0 Å². The Morgan fingerprint density at radius 1 is 1.13 bits per heavy atom. The maximum atomic E-state index is 3.58. The first-order valence-electron chi connectivity index (χ1n) is 6.78. The lowest BCUT2D eigenvalue weighted by atomic mass is 9.99. The Balaban J connectivity index is 1.77. The van der Waals surface area contributed by atoms with Gasteiger partial charge in [-0.1, -0.05) is 20.3 Å². The van der Waals surface area contributed by atoms with Gasteiger partial charge in [-0.25, -0.2) is 0 Å². The minimum atomic E-state index is 0.794. The fourth-order valence-corrected chi connectivity index (χ4v) is 3.39. The minimum Gasteiger partial charge on any atom is -0.314 e. The van der Waals surface area contributed by atoms with Gasteiger partial charge in [0.05, 0.1) is 0 Å². The van der Waals surface area contributed by atoms with Crippen LogP contribution in [0.2, 0.25) is 0 Å². The first-order chi connectivity index (χ1) is 7.31. The standard InChI is InChI=1S/C13H26N2/c1-3-14-12-7-9-15(10-8-12)13-6-4-5-11(13)2/h11-14H,3-10H2,1-2H3. The van der Waals surface area contributed by atoms with Gasteiger partial charge in [0.1, 0.15) is 0 Å². The zero-order valence-corrected chi connectivity index (χ0v) is 10.3. The van der Waals surface area contributed by atoms with Gasteiger partial charge in [-0.15, -0.1) is 0 Å². The van der Waals surface area contributed by atoms with E-state index in [2.05, 4.69) is 24.1 Å². The van der Waals surface area contributed by atoms with Crippen LogP contribution in [0.15, 0.2) is 0 Å². The molecule has 2 atom stereocenters. The zero-order chi connectivity index (χ0) is 10.7. The molecule has 0 radical (unpaired) electrons. The van der Waals surface area contributed by atoms with Gasteiger partial charge in [0, 0.05) is 12.1 Å². The van der Waals surface area contributed by atoms with E-state index in [-0.39, 0.29) is 0 Å². The summed E-state index contributed by atoms with van der Waals surface area (Å²) in [6.07, 6.45) is 7.08. The predicted molar refractivity (Wildman–Crippen MR) is 65.1 cm³/mol. The Hall–Kier alpha value is -0.0800. The van der Waals surface area contributed by atoms with Crippen molar-refractivity contribution in [1.82, 2.24) is 10.2 Å². The quantitative estimate of drug-likeness (QED) is 0.768. The van der Waals surface area contributed by atoms with Gasteiger partial charge in [0.15, 0.2) is 0 Å². The first-order valence-corrected chi connectivity index (χ1v) is 6.78. The van der Waals surface area contributed by atoms with Crippen LogP contribution in [0.25, 0.3) is 0 Å². The van der Waals surface area contributed by atoms with E-state index < -0.39 is 0 Å². The second-order valence-electron chi connectivity index (χ2n) is 5.34. The summed E-state index contributed by atoms with van der Waals surface area (Å²) in [6, 6.07) is 1.70. The summed E-state index contributed by atoms with van der Waals surface area (Å²) < 4.78 is 0. The maximum absolute atomic E-state index is 3.58. The summed E-state index contributed by atoms with van der Waals surface area (Å²) in [5, 5.41) is 3.58. The average Bonchev–Trinajstić information content (AvgIpc) is 2.66. The van der Waals surface area contributed by atoms with Gasteiger partial charge in [0.25, 0.3) is 0 Å². The molecule has 1 aliphatic heterocycles. The second kappa shape index (κ2) is 5.31. The van der Waals surface area contributed by atoms with E-state index in [1.807, 2.05) is 0 Å². The van der Waals surface area contributed by atoms with Gasteiger partial charge in [0.2, 0.25) is 0 Å². The molecule has 15 heavy (non-hydrogen) atoms. The zero-order valence-electron chi connectivity index (χ0n) is 10.3. The van der Waals surface area contributed by atoms with Crippen LogP contribution in [0.3, 0.4) is 0 Å². The Kier molecular flexibility index (Phi) is 4.04. The highest BCUT2D eigenvalue weighted by atomic mass is 15.2. The fourth-order valence-electron chi connectivity index (χ4n) is 3.39. The third-order valence-corrected chi connectivity index (χ3v) is 4.31.